The molecule has 2 aromatic carbocycles. The van der Waals surface area contributed by atoms with Gasteiger partial charge >= 0.3 is 11.8 Å². The molecular formula is C20H21BrN4O5. The second-order valence-electron chi connectivity index (χ2n) is 5.83. The van der Waals surface area contributed by atoms with Gasteiger partial charge in [0.05, 0.1) is 12.8 Å². The fraction of sp³-hybridized carbons (Fsp3) is 0.200. The topological polar surface area (TPSA) is 118 Å². The second kappa shape index (κ2) is 12.3. The van der Waals surface area contributed by atoms with Gasteiger partial charge in [-0.15, -0.1) is 0 Å². The summed E-state index contributed by atoms with van der Waals surface area (Å²) < 4.78 is 11.1. The average Bonchev–Trinajstić information content (AvgIpc) is 2.74. The monoisotopic (exact) mass is 476 g/mol. The van der Waals surface area contributed by atoms with Gasteiger partial charge in [0.1, 0.15) is 5.75 Å². The third-order valence-electron chi connectivity index (χ3n) is 3.56. The molecule has 30 heavy (non-hydrogen) atoms. The lowest BCUT2D eigenvalue weighted by Crippen LogP contribution is -2.39. The molecule has 0 unspecified atom stereocenters. The fourth-order valence-electron chi connectivity index (χ4n) is 2.17. The van der Waals surface area contributed by atoms with E-state index in [0.717, 1.165) is 4.47 Å². The van der Waals surface area contributed by atoms with E-state index in [4.69, 9.17) is 9.47 Å². The maximum Gasteiger partial charge on any atom is 0.329 e. The number of para-hydroxylation sites is 1. The standard InChI is InChI=1S/C20H21BrN4O5/c1-29-10-9-22-19(27)20(28)25-23-12-14-11-15(21)7-8-17(14)30-13-18(26)24-16-5-3-2-4-6-16/h2-8,11-12H,9-10,13H2,1H3,(H,22,27)(H,24,26)(H,25,28)/b23-12-. The number of carbonyl (C=O) groups excluding carboxylic acids is 3. The van der Waals surface area contributed by atoms with Crippen LogP contribution >= 0.6 is 15.9 Å². The van der Waals surface area contributed by atoms with E-state index in [9.17, 15) is 14.4 Å². The van der Waals surface area contributed by atoms with Gasteiger partial charge in [-0.2, -0.15) is 5.10 Å². The van der Waals surface area contributed by atoms with Crippen LogP contribution in [0, 0.1) is 0 Å². The molecule has 2 aromatic rings. The molecule has 0 saturated heterocycles. The van der Waals surface area contributed by atoms with Crippen LogP contribution in [-0.4, -0.2) is 50.8 Å². The van der Waals surface area contributed by atoms with Gasteiger partial charge in [0, 0.05) is 29.4 Å². The number of benzene rings is 2. The number of anilines is 1. The molecule has 0 aliphatic rings. The summed E-state index contributed by atoms with van der Waals surface area (Å²) in [6, 6.07) is 14.1. The summed E-state index contributed by atoms with van der Waals surface area (Å²) >= 11 is 3.34. The van der Waals surface area contributed by atoms with E-state index in [1.54, 1.807) is 30.3 Å². The van der Waals surface area contributed by atoms with Gasteiger partial charge in [-0.3, -0.25) is 14.4 Å². The molecule has 0 bridgehead atoms. The summed E-state index contributed by atoms with van der Waals surface area (Å²) in [5.41, 5.74) is 3.29. The minimum absolute atomic E-state index is 0.209. The Morgan fingerprint density at radius 3 is 2.60 bits per heavy atom. The summed E-state index contributed by atoms with van der Waals surface area (Å²) in [5, 5.41) is 8.87. The fourth-order valence-corrected chi connectivity index (χ4v) is 2.55. The van der Waals surface area contributed by atoms with E-state index in [0.29, 0.717) is 23.6 Å². The Balaban J connectivity index is 1.92. The van der Waals surface area contributed by atoms with Crippen molar-refractivity contribution in [3.63, 3.8) is 0 Å². The zero-order valence-electron chi connectivity index (χ0n) is 16.2. The van der Waals surface area contributed by atoms with Crippen LogP contribution in [0.5, 0.6) is 5.75 Å². The van der Waals surface area contributed by atoms with Gasteiger partial charge in [-0.05, 0) is 30.3 Å². The minimum Gasteiger partial charge on any atom is -0.483 e. The number of rotatable bonds is 9. The van der Waals surface area contributed by atoms with Gasteiger partial charge < -0.3 is 20.1 Å². The molecule has 158 valence electrons. The van der Waals surface area contributed by atoms with Crippen molar-refractivity contribution in [3.05, 3.63) is 58.6 Å². The molecule has 9 nitrogen and oxygen atoms in total. The zero-order valence-corrected chi connectivity index (χ0v) is 17.8. The largest absolute Gasteiger partial charge is 0.483 e. The molecule has 0 fully saturated rings. The van der Waals surface area contributed by atoms with Crippen LogP contribution in [0.2, 0.25) is 0 Å². The van der Waals surface area contributed by atoms with Gasteiger partial charge in [-0.25, -0.2) is 5.43 Å². The molecule has 0 radical (unpaired) electrons. The molecule has 3 N–H and O–H groups in total. The summed E-state index contributed by atoms with van der Waals surface area (Å²) in [7, 11) is 1.49. The minimum atomic E-state index is -0.915. The van der Waals surface area contributed by atoms with E-state index in [1.165, 1.54) is 13.3 Å². The maximum atomic E-state index is 12.1. The smallest absolute Gasteiger partial charge is 0.329 e. The van der Waals surface area contributed by atoms with Crippen LogP contribution in [0.25, 0.3) is 0 Å². The third-order valence-corrected chi connectivity index (χ3v) is 4.05. The molecule has 3 amide bonds. The van der Waals surface area contributed by atoms with Crippen LogP contribution in [0.15, 0.2) is 58.1 Å². The lowest BCUT2D eigenvalue weighted by atomic mass is 10.2. The Morgan fingerprint density at radius 1 is 1.10 bits per heavy atom. The van der Waals surface area contributed by atoms with Gasteiger partial charge in [0.25, 0.3) is 5.91 Å². The van der Waals surface area contributed by atoms with Gasteiger partial charge in [0.2, 0.25) is 0 Å². The molecule has 10 heteroatoms. The number of hydrogen-bond donors (Lipinski definition) is 3. The first kappa shape index (κ1) is 23.0. The molecule has 0 saturated carbocycles. The lowest BCUT2D eigenvalue weighted by Gasteiger charge is -2.10. The highest BCUT2D eigenvalue weighted by Crippen LogP contribution is 2.22. The van der Waals surface area contributed by atoms with Crippen molar-refractivity contribution in [2.75, 3.05) is 32.2 Å². The number of nitrogens with one attached hydrogen (secondary N) is 3. The highest BCUT2D eigenvalue weighted by molar-refractivity contribution is 9.10. The molecular weight excluding hydrogens is 456 g/mol. The number of hydrogen-bond acceptors (Lipinski definition) is 6. The van der Waals surface area contributed by atoms with Crippen molar-refractivity contribution in [1.29, 1.82) is 0 Å². The van der Waals surface area contributed by atoms with Crippen LogP contribution in [0.3, 0.4) is 0 Å². The van der Waals surface area contributed by atoms with Crippen molar-refractivity contribution in [2.45, 2.75) is 0 Å². The third kappa shape index (κ3) is 8.02. The van der Waals surface area contributed by atoms with Crippen LogP contribution in [0.4, 0.5) is 5.69 Å². The number of halogens is 1. The van der Waals surface area contributed by atoms with Gasteiger partial charge in [0.15, 0.2) is 6.61 Å². The maximum absolute atomic E-state index is 12.1. The van der Waals surface area contributed by atoms with Crippen molar-refractivity contribution in [3.8, 4) is 5.75 Å². The lowest BCUT2D eigenvalue weighted by molar-refractivity contribution is -0.139. The Morgan fingerprint density at radius 2 is 1.87 bits per heavy atom. The van der Waals surface area contributed by atoms with Crippen LogP contribution < -0.4 is 20.8 Å². The Bertz CT molecular complexity index is 905. The summed E-state index contributed by atoms with van der Waals surface area (Å²) in [5.74, 6) is -1.69. The average molecular weight is 477 g/mol. The summed E-state index contributed by atoms with van der Waals surface area (Å²) in [4.78, 5) is 35.3. The highest BCUT2D eigenvalue weighted by Gasteiger charge is 2.12. The van der Waals surface area contributed by atoms with Crippen molar-refractivity contribution in [2.24, 2.45) is 5.10 Å². The Labute approximate surface area is 182 Å². The number of hydrazone groups is 1. The quantitative estimate of drug-likeness (QED) is 0.220. The van der Waals surface area contributed by atoms with E-state index < -0.39 is 11.8 Å². The molecule has 0 spiro atoms. The number of methoxy groups -OCH3 is 1. The summed E-state index contributed by atoms with van der Waals surface area (Å²) in [6.07, 6.45) is 1.32. The second-order valence-corrected chi connectivity index (χ2v) is 6.75. The number of ether oxygens (including phenoxy) is 2. The first-order chi connectivity index (χ1) is 14.5. The summed E-state index contributed by atoms with van der Waals surface area (Å²) in [6.45, 7) is 0.283. The molecule has 0 heterocycles. The van der Waals surface area contributed by atoms with Gasteiger partial charge in [-0.1, -0.05) is 34.1 Å². The van der Waals surface area contributed by atoms with E-state index in [-0.39, 0.29) is 19.1 Å². The first-order valence-corrected chi connectivity index (χ1v) is 9.66. The van der Waals surface area contributed by atoms with E-state index >= 15 is 0 Å². The van der Waals surface area contributed by atoms with E-state index in [2.05, 4.69) is 37.1 Å². The van der Waals surface area contributed by atoms with Crippen molar-refractivity contribution in [1.82, 2.24) is 10.7 Å². The molecule has 0 aromatic heterocycles. The first-order valence-electron chi connectivity index (χ1n) is 8.87. The SMILES string of the molecule is COCCNC(=O)C(=O)N/N=C\c1cc(Br)ccc1OCC(=O)Nc1ccccc1. The van der Waals surface area contributed by atoms with Crippen molar-refractivity contribution >= 4 is 45.6 Å². The Kier molecular flexibility index (Phi) is 9.49. The predicted octanol–water partition coefficient (Wildman–Crippen LogP) is 1.68. The van der Waals surface area contributed by atoms with E-state index in [1.807, 2.05) is 18.2 Å². The number of carbonyl (C=O) groups is 3. The predicted molar refractivity (Wildman–Crippen MR) is 115 cm³/mol. The van der Waals surface area contributed by atoms with Crippen LogP contribution in [-0.2, 0) is 19.1 Å². The molecule has 2 rings (SSSR count). The number of nitrogens with zero attached hydrogens (tertiary/aromatic N) is 1. The van der Waals surface area contributed by atoms with Crippen LogP contribution in [0.1, 0.15) is 5.56 Å². The normalized spacial score (nSPS) is 10.5. The number of amides is 3. The van der Waals surface area contributed by atoms with Crippen molar-refractivity contribution < 1.29 is 23.9 Å². The molecule has 0 aliphatic heterocycles. The zero-order chi connectivity index (χ0) is 21.8. The Hall–Kier alpha value is -3.24. The highest BCUT2D eigenvalue weighted by atomic mass is 79.9. The molecule has 0 atom stereocenters. The molecule has 0 aliphatic carbocycles.